The molecule has 2 aromatic rings. The van der Waals surface area contributed by atoms with Gasteiger partial charge in [-0.05, 0) is 23.8 Å². The van der Waals surface area contributed by atoms with Crippen LogP contribution in [0.4, 0.5) is 0 Å². The number of hydrogen-bond acceptors (Lipinski definition) is 6. The van der Waals surface area contributed by atoms with Gasteiger partial charge in [-0.1, -0.05) is 28.1 Å². The van der Waals surface area contributed by atoms with Gasteiger partial charge >= 0.3 is 0 Å². The van der Waals surface area contributed by atoms with E-state index in [2.05, 4.69) is 27.3 Å². The number of hydrogen-bond donors (Lipinski definition) is 1. The highest BCUT2D eigenvalue weighted by Crippen LogP contribution is 2.35. The molecule has 1 N–H and O–H groups in total. The molecule has 156 valence electrons. The highest BCUT2D eigenvalue weighted by molar-refractivity contribution is 9.10. The predicted molar refractivity (Wildman–Crippen MR) is 113 cm³/mol. The molecule has 3 heterocycles. The molecule has 1 atom stereocenters. The molecule has 2 aliphatic heterocycles. The van der Waals surface area contributed by atoms with E-state index >= 15 is 0 Å². The molecule has 1 aromatic heterocycles. The number of nitrogens with one attached hydrogen (secondary N) is 1. The van der Waals surface area contributed by atoms with Crippen molar-refractivity contribution in [3.05, 3.63) is 56.2 Å². The normalized spacial score (nSPS) is 19.7. The molecule has 1 spiro atoms. The smallest absolute Gasteiger partial charge is 0.243 e. The summed E-state index contributed by atoms with van der Waals surface area (Å²) < 4.78 is 12.5. The molecule has 4 rings (SSSR count). The van der Waals surface area contributed by atoms with Crippen LogP contribution in [0.5, 0.6) is 0 Å². The van der Waals surface area contributed by atoms with Crippen molar-refractivity contribution in [3.8, 4) is 6.07 Å². The summed E-state index contributed by atoms with van der Waals surface area (Å²) in [6.45, 7) is 1.45. The molecule has 7 nitrogen and oxygen atoms in total. The number of rotatable bonds is 5. The molecule has 0 aliphatic carbocycles. The summed E-state index contributed by atoms with van der Waals surface area (Å²) in [4.78, 5) is 28.5. The van der Waals surface area contributed by atoms with Crippen LogP contribution in [0.15, 0.2) is 40.2 Å². The van der Waals surface area contributed by atoms with Crippen molar-refractivity contribution >= 4 is 39.1 Å². The van der Waals surface area contributed by atoms with E-state index in [0.717, 1.165) is 14.9 Å². The average molecular weight is 490 g/mol. The Labute approximate surface area is 186 Å². The maximum Gasteiger partial charge on any atom is 0.243 e. The Morgan fingerprint density at radius 3 is 2.70 bits per heavy atom. The third-order valence-corrected chi connectivity index (χ3v) is 6.68. The van der Waals surface area contributed by atoms with E-state index in [1.165, 1.54) is 11.3 Å². The standard InChI is InChI=1S/C21H20BrN3O4S/c22-16-3-1-14(2-4-16)8-19(26)25-13-21(28-5-6-29-21)9-18(25)20(27)24-11-17-7-15(10-23)12-30-17/h1-4,7,12,18H,5-6,8-9,11,13H2,(H,24,27). The molecular formula is C21H20BrN3O4S. The topological polar surface area (TPSA) is 91.7 Å². The third kappa shape index (κ3) is 4.57. The Bertz CT molecular complexity index is 979. The second-order valence-corrected chi connectivity index (χ2v) is 9.20. The van der Waals surface area contributed by atoms with Crippen molar-refractivity contribution in [2.45, 2.75) is 31.2 Å². The fourth-order valence-corrected chi connectivity index (χ4v) is 4.76. The Hall–Kier alpha value is -2.25. The van der Waals surface area contributed by atoms with Gasteiger partial charge < -0.3 is 19.7 Å². The number of thiophene rings is 1. The lowest BCUT2D eigenvalue weighted by Gasteiger charge is -2.24. The van der Waals surface area contributed by atoms with Crippen LogP contribution in [0.25, 0.3) is 0 Å². The second-order valence-electron chi connectivity index (χ2n) is 7.28. The zero-order valence-electron chi connectivity index (χ0n) is 16.1. The summed E-state index contributed by atoms with van der Waals surface area (Å²) in [7, 11) is 0. The number of halogens is 1. The van der Waals surface area contributed by atoms with Gasteiger partial charge in [0.25, 0.3) is 0 Å². The van der Waals surface area contributed by atoms with Gasteiger partial charge in [-0.25, -0.2) is 0 Å². The highest BCUT2D eigenvalue weighted by atomic mass is 79.9. The van der Waals surface area contributed by atoms with Crippen LogP contribution in [-0.4, -0.2) is 48.3 Å². The summed E-state index contributed by atoms with van der Waals surface area (Å²) in [6, 6.07) is 10.7. The van der Waals surface area contributed by atoms with Crippen LogP contribution in [0.1, 0.15) is 22.4 Å². The molecule has 2 saturated heterocycles. The van der Waals surface area contributed by atoms with Gasteiger partial charge in [0, 0.05) is 21.2 Å². The Morgan fingerprint density at radius 1 is 1.30 bits per heavy atom. The molecular weight excluding hydrogens is 470 g/mol. The largest absolute Gasteiger partial charge is 0.349 e. The van der Waals surface area contributed by atoms with E-state index in [1.807, 2.05) is 24.3 Å². The van der Waals surface area contributed by atoms with Crippen molar-refractivity contribution in [3.63, 3.8) is 0 Å². The van der Waals surface area contributed by atoms with Crippen molar-refractivity contribution in [2.24, 2.45) is 0 Å². The molecule has 2 fully saturated rings. The molecule has 2 amide bonds. The van der Waals surface area contributed by atoms with Crippen LogP contribution in [0, 0.1) is 11.3 Å². The lowest BCUT2D eigenvalue weighted by molar-refractivity contribution is -0.152. The van der Waals surface area contributed by atoms with E-state index in [4.69, 9.17) is 14.7 Å². The summed E-state index contributed by atoms with van der Waals surface area (Å²) in [5, 5.41) is 13.6. The molecule has 30 heavy (non-hydrogen) atoms. The van der Waals surface area contributed by atoms with Gasteiger partial charge in [-0.2, -0.15) is 5.26 Å². The van der Waals surface area contributed by atoms with Crippen LogP contribution < -0.4 is 5.32 Å². The first-order valence-corrected chi connectivity index (χ1v) is 11.2. The lowest BCUT2D eigenvalue weighted by atomic mass is 10.1. The number of amides is 2. The van der Waals surface area contributed by atoms with Crippen LogP contribution in [0.3, 0.4) is 0 Å². The first-order valence-electron chi connectivity index (χ1n) is 9.55. The Kier molecular flexibility index (Phi) is 6.20. The number of likely N-dealkylation sites (tertiary alicyclic amines) is 1. The van der Waals surface area contributed by atoms with Crippen LogP contribution in [-0.2, 0) is 32.0 Å². The number of benzene rings is 1. The Morgan fingerprint density at radius 2 is 2.03 bits per heavy atom. The predicted octanol–water partition coefficient (Wildman–Crippen LogP) is 2.59. The first kappa shape index (κ1) is 21.0. The zero-order valence-corrected chi connectivity index (χ0v) is 18.5. The molecule has 0 saturated carbocycles. The van der Waals surface area contributed by atoms with Crippen LogP contribution >= 0.6 is 27.3 Å². The molecule has 1 aromatic carbocycles. The molecule has 9 heteroatoms. The molecule has 0 radical (unpaired) electrons. The van der Waals surface area contributed by atoms with Crippen LogP contribution in [0.2, 0.25) is 0 Å². The van der Waals surface area contributed by atoms with Gasteiger partial charge in [0.2, 0.25) is 11.8 Å². The molecule has 2 aliphatic rings. The minimum atomic E-state index is -0.908. The minimum Gasteiger partial charge on any atom is -0.349 e. The number of carbonyl (C=O) groups excluding carboxylic acids is 2. The van der Waals surface area contributed by atoms with Crippen molar-refractivity contribution in [2.75, 3.05) is 19.8 Å². The Balaban J connectivity index is 1.46. The van der Waals surface area contributed by atoms with Gasteiger partial charge in [0.1, 0.15) is 12.1 Å². The van der Waals surface area contributed by atoms with E-state index < -0.39 is 11.8 Å². The van der Waals surface area contributed by atoms with Gasteiger partial charge in [-0.3, -0.25) is 9.59 Å². The fourth-order valence-electron chi connectivity index (χ4n) is 3.74. The van der Waals surface area contributed by atoms with Gasteiger partial charge in [0.05, 0.1) is 38.3 Å². The van der Waals surface area contributed by atoms with E-state index in [1.54, 1.807) is 16.3 Å². The van der Waals surface area contributed by atoms with Crippen molar-refractivity contribution in [1.29, 1.82) is 5.26 Å². The van der Waals surface area contributed by atoms with E-state index in [0.29, 0.717) is 31.7 Å². The minimum absolute atomic E-state index is 0.142. The van der Waals surface area contributed by atoms with E-state index in [-0.39, 0.29) is 24.8 Å². The summed E-state index contributed by atoms with van der Waals surface area (Å²) in [5.74, 6) is -1.30. The van der Waals surface area contributed by atoms with Crippen molar-refractivity contribution in [1.82, 2.24) is 10.2 Å². The number of nitrogens with zero attached hydrogens (tertiary/aromatic N) is 2. The van der Waals surface area contributed by atoms with E-state index in [9.17, 15) is 9.59 Å². The summed E-state index contributed by atoms with van der Waals surface area (Å²) in [5.41, 5.74) is 1.45. The lowest BCUT2D eigenvalue weighted by Crippen LogP contribution is -2.46. The quantitative estimate of drug-likeness (QED) is 0.696. The number of nitriles is 1. The summed E-state index contributed by atoms with van der Waals surface area (Å²) >= 11 is 4.81. The number of carbonyl (C=O) groups is 2. The second kappa shape index (κ2) is 8.86. The third-order valence-electron chi connectivity index (χ3n) is 5.22. The first-order chi connectivity index (χ1) is 14.5. The average Bonchev–Trinajstić information content (AvgIpc) is 3.48. The number of ether oxygens (including phenoxy) is 2. The fraction of sp³-hybridized carbons (Fsp3) is 0.381. The maximum atomic E-state index is 13.1. The highest BCUT2D eigenvalue weighted by Gasteiger charge is 2.52. The monoisotopic (exact) mass is 489 g/mol. The molecule has 1 unspecified atom stereocenters. The SMILES string of the molecule is N#Cc1csc(CNC(=O)C2CC3(CN2C(=O)Cc2ccc(Br)cc2)OCCO3)c1. The maximum absolute atomic E-state index is 13.1. The summed E-state index contributed by atoms with van der Waals surface area (Å²) in [6.07, 6.45) is 0.502. The van der Waals surface area contributed by atoms with Crippen molar-refractivity contribution < 1.29 is 19.1 Å². The van der Waals surface area contributed by atoms with Gasteiger partial charge in [0.15, 0.2) is 5.79 Å². The zero-order chi connectivity index (χ0) is 21.1. The molecule has 0 bridgehead atoms. The van der Waals surface area contributed by atoms with Gasteiger partial charge in [-0.15, -0.1) is 11.3 Å².